The molecule has 0 aliphatic heterocycles. The van der Waals surface area contributed by atoms with Crippen molar-refractivity contribution in [2.75, 3.05) is 0 Å². The van der Waals surface area contributed by atoms with Gasteiger partial charge in [-0.2, -0.15) is 0 Å². The van der Waals surface area contributed by atoms with Gasteiger partial charge in [0.15, 0.2) is 0 Å². The molecule has 12 heavy (non-hydrogen) atoms. The van der Waals surface area contributed by atoms with Crippen LogP contribution in [-0.2, 0) is 21.6 Å². The largest absolute Gasteiger partial charge is 0.427 e. The summed E-state index contributed by atoms with van der Waals surface area (Å²) in [5, 5.41) is 0. The van der Waals surface area contributed by atoms with E-state index < -0.39 is 0 Å². The van der Waals surface area contributed by atoms with Gasteiger partial charge in [0.05, 0.1) is 0 Å². The van der Waals surface area contributed by atoms with Crippen LogP contribution in [0.2, 0.25) is 0 Å². The number of rotatable bonds is 2. The zero-order valence-electron chi connectivity index (χ0n) is 6.74. The van der Waals surface area contributed by atoms with Gasteiger partial charge >= 0.3 is 5.97 Å². The van der Waals surface area contributed by atoms with E-state index in [1.807, 2.05) is 18.2 Å². The molecule has 0 saturated carbocycles. The summed E-state index contributed by atoms with van der Waals surface area (Å²) in [5.74, 6) is 0.413. The second-order valence-electron chi connectivity index (χ2n) is 2.14. The summed E-state index contributed by atoms with van der Waals surface area (Å²) in [6.07, 6.45) is 0.412. The van der Waals surface area contributed by atoms with Crippen molar-refractivity contribution in [2.24, 2.45) is 0 Å². The Hall–Kier alpha value is -0.804. The Labute approximate surface area is 82.1 Å². The molecule has 0 bridgehead atoms. The van der Waals surface area contributed by atoms with E-state index in [-0.39, 0.29) is 22.7 Å². The maximum absolute atomic E-state index is 10.8. The van der Waals surface area contributed by atoms with Gasteiger partial charge in [0, 0.05) is 23.2 Å². The summed E-state index contributed by atoms with van der Waals surface area (Å²) in [6, 6.07) is 9.06. The first-order valence-electron chi connectivity index (χ1n) is 3.58. The van der Waals surface area contributed by atoms with E-state index in [9.17, 15) is 4.79 Å². The monoisotopic (exact) mass is 209 g/mol. The van der Waals surface area contributed by atoms with E-state index in [1.165, 1.54) is 0 Å². The third kappa shape index (κ3) is 3.55. The molecule has 0 aliphatic rings. The second kappa shape index (κ2) is 5.80. The first-order chi connectivity index (χ1) is 5.33. The number of carbonyl (C=O) groups is 1. The zero-order valence-corrected chi connectivity index (χ0v) is 7.78. The van der Waals surface area contributed by atoms with Crippen LogP contribution in [0, 0.1) is 0 Å². The fourth-order valence-electron chi connectivity index (χ4n) is 0.692. The molecule has 0 heterocycles. The molecule has 3 heteroatoms. The normalized spacial score (nSPS) is 8.42. The van der Waals surface area contributed by atoms with Crippen molar-refractivity contribution in [3.63, 3.8) is 0 Å². The van der Waals surface area contributed by atoms with Crippen LogP contribution in [0.4, 0.5) is 0 Å². The number of para-hydroxylation sites is 1. The third-order valence-corrected chi connectivity index (χ3v) is 1.26. The summed E-state index contributed by atoms with van der Waals surface area (Å²) in [7, 11) is 0. The van der Waals surface area contributed by atoms with Crippen LogP contribution >= 0.6 is 0 Å². The van der Waals surface area contributed by atoms with Crippen LogP contribution in [0.1, 0.15) is 13.3 Å². The Morgan fingerprint density at radius 3 is 2.42 bits per heavy atom. The molecule has 0 spiro atoms. The van der Waals surface area contributed by atoms with E-state index >= 15 is 0 Å². The van der Waals surface area contributed by atoms with Gasteiger partial charge < -0.3 is 4.74 Å². The van der Waals surface area contributed by atoms with E-state index in [2.05, 4.69) is 0 Å². The van der Waals surface area contributed by atoms with Crippen LogP contribution in [0.5, 0.6) is 5.75 Å². The summed E-state index contributed by atoms with van der Waals surface area (Å²) in [5.41, 5.74) is 0. The Bertz CT molecular complexity index is 234. The zero-order chi connectivity index (χ0) is 8.10. The standard InChI is InChI=1S/C9H10O2.Co/c1-2-9(10)11-8-6-4-3-5-7-8;/h3-7H,2H2,1H3;. The number of hydrogen-bond donors (Lipinski definition) is 0. The van der Waals surface area contributed by atoms with Crippen LogP contribution in [0.3, 0.4) is 0 Å². The molecule has 67 valence electrons. The quantitative estimate of drug-likeness (QED) is 0.550. The number of hydrogen-bond acceptors (Lipinski definition) is 2. The number of carbonyl (C=O) groups excluding carboxylic acids is 1. The molecule has 0 aromatic heterocycles. The van der Waals surface area contributed by atoms with Crippen molar-refractivity contribution < 1.29 is 26.3 Å². The fraction of sp³-hybridized carbons (Fsp3) is 0.222. The Morgan fingerprint density at radius 1 is 1.33 bits per heavy atom. The summed E-state index contributed by atoms with van der Waals surface area (Å²) >= 11 is 0. The van der Waals surface area contributed by atoms with Gasteiger partial charge in [-0.25, -0.2) is 0 Å². The molecule has 0 N–H and O–H groups in total. The average Bonchev–Trinajstić information content (AvgIpc) is 2.06. The van der Waals surface area contributed by atoms with Gasteiger partial charge in [-0.05, 0) is 12.1 Å². The molecule has 0 saturated heterocycles. The summed E-state index contributed by atoms with van der Waals surface area (Å²) in [4.78, 5) is 10.8. The van der Waals surface area contributed by atoms with Crippen LogP contribution in [0.15, 0.2) is 30.3 Å². The average molecular weight is 209 g/mol. The first-order valence-corrected chi connectivity index (χ1v) is 3.58. The van der Waals surface area contributed by atoms with Gasteiger partial charge in [-0.1, -0.05) is 25.1 Å². The van der Waals surface area contributed by atoms with E-state index in [4.69, 9.17) is 4.74 Å². The molecule has 0 aliphatic carbocycles. The number of esters is 1. The molecular weight excluding hydrogens is 199 g/mol. The van der Waals surface area contributed by atoms with E-state index in [1.54, 1.807) is 19.1 Å². The third-order valence-electron chi connectivity index (χ3n) is 1.26. The minimum Gasteiger partial charge on any atom is -0.427 e. The molecule has 2 nitrogen and oxygen atoms in total. The van der Waals surface area contributed by atoms with Crippen molar-refractivity contribution in [2.45, 2.75) is 13.3 Å². The predicted octanol–water partition coefficient (Wildman–Crippen LogP) is 2.00. The molecule has 0 fully saturated rings. The molecule has 1 aromatic rings. The minimum atomic E-state index is -0.198. The summed E-state index contributed by atoms with van der Waals surface area (Å²) < 4.78 is 4.92. The molecule has 0 amide bonds. The summed E-state index contributed by atoms with van der Waals surface area (Å²) in [6.45, 7) is 1.77. The van der Waals surface area contributed by atoms with E-state index in [0.717, 1.165) is 0 Å². The number of ether oxygens (including phenoxy) is 1. The van der Waals surface area contributed by atoms with Crippen molar-refractivity contribution in [1.82, 2.24) is 0 Å². The van der Waals surface area contributed by atoms with Gasteiger partial charge in [0.25, 0.3) is 0 Å². The Morgan fingerprint density at radius 2 is 1.92 bits per heavy atom. The van der Waals surface area contributed by atoms with Crippen LogP contribution in [0.25, 0.3) is 0 Å². The van der Waals surface area contributed by atoms with Gasteiger partial charge in [0.1, 0.15) is 5.75 Å². The maximum atomic E-state index is 10.8. The Kier molecular flexibility index (Phi) is 5.41. The van der Waals surface area contributed by atoms with Gasteiger partial charge in [-0.15, -0.1) is 0 Å². The predicted molar refractivity (Wildman–Crippen MR) is 42.4 cm³/mol. The fourth-order valence-corrected chi connectivity index (χ4v) is 0.692. The van der Waals surface area contributed by atoms with Crippen LogP contribution in [-0.4, -0.2) is 5.97 Å². The van der Waals surface area contributed by atoms with Crippen LogP contribution < -0.4 is 4.74 Å². The maximum Gasteiger partial charge on any atom is 0.310 e. The van der Waals surface area contributed by atoms with Gasteiger partial charge in [-0.3, -0.25) is 4.79 Å². The SMILES string of the molecule is CCC(=O)Oc1ccccc1.[Co]. The molecule has 0 unspecified atom stereocenters. The molecule has 1 rings (SSSR count). The molecule has 0 atom stereocenters. The smallest absolute Gasteiger partial charge is 0.310 e. The molecule has 1 radical (unpaired) electrons. The Balaban J connectivity index is 0.00000121. The van der Waals surface area contributed by atoms with E-state index in [0.29, 0.717) is 12.2 Å². The van der Waals surface area contributed by atoms with Crippen molar-refractivity contribution in [1.29, 1.82) is 0 Å². The van der Waals surface area contributed by atoms with Gasteiger partial charge in [0.2, 0.25) is 0 Å². The number of benzene rings is 1. The molecule has 1 aromatic carbocycles. The topological polar surface area (TPSA) is 26.3 Å². The molecular formula is C9H10CoO2. The van der Waals surface area contributed by atoms with Crippen molar-refractivity contribution >= 4 is 5.97 Å². The second-order valence-corrected chi connectivity index (χ2v) is 2.14. The minimum absolute atomic E-state index is 0. The first kappa shape index (κ1) is 11.2. The van der Waals surface area contributed by atoms with Crippen molar-refractivity contribution in [3.05, 3.63) is 30.3 Å². The van der Waals surface area contributed by atoms with Crippen molar-refractivity contribution in [3.8, 4) is 5.75 Å².